The first-order valence-electron chi connectivity index (χ1n) is 12.4. The lowest BCUT2D eigenvalue weighted by molar-refractivity contribution is 0.498. The van der Waals surface area contributed by atoms with Gasteiger partial charge in [-0.15, -0.1) is 0 Å². The third-order valence-electron chi connectivity index (χ3n) is 7.19. The van der Waals surface area contributed by atoms with Crippen molar-refractivity contribution in [1.82, 2.24) is 35.2 Å². The molecule has 2 aliphatic rings. The third-order valence-corrected chi connectivity index (χ3v) is 7.19. The smallest absolute Gasteiger partial charge is 0.163 e. The van der Waals surface area contributed by atoms with Gasteiger partial charge in [-0.2, -0.15) is 0 Å². The van der Waals surface area contributed by atoms with E-state index in [0.29, 0.717) is 29.1 Å². The van der Waals surface area contributed by atoms with Gasteiger partial charge in [-0.25, -0.2) is 19.3 Å². The van der Waals surface area contributed by atoms with Crippen molar-refractivity contribution >= 4 is 27.8 Å². The van der Waals surface area contributed by atoms with Gasteiger partial charge in [-0.05, 0) is 55.5 Å². The van der Waals surface area contributed by atoms with Crippen molar-refractivity contribution in [2.45, 2.75) is 31.7 Å². The van der Waals surface area contributed by atoms with E-state index in [4.69, 9.17) is 9.97 Å². The second-order valence-corrected chi connectivity index (χ2v) is 9.65. The number of anilines is 1. The zero-order chi connectivity index (χ0) is 24.2. The Bertz CT molecular complexity index is 1610. The molecule has 0 spiro atoms. The molecule has 5 aromatic rings. The van der Waals surface area contributed by atoms with Crippen LogP contribution in [0, 0.1) is 5.82 Å². The van der Waals surface area contributed by atoms with E-state index in [-0.39, 0.29) is 11.5 Å². The molecule has 180 valence electrons. The van der Waals surface area contributed by atoms with Crippen LogP contribution < -0.4 is 10.2 Å². The fourth-order valence-electron chi connectivity index (χ4n) is 5.21. The number of fused-ring (bicyclic) bond motifs is 2. The van der Waals surface area contributed by atoms with Gasteiger partial charge in [0.15, 0.2) is 11.6 Å². The standard InChI is InChI=1S/C27H25FN8/c1-15-12-29-9-10-36(15)27-23-19(16-4-5-16)13-30-14-22(23)34-26(35-27)17-6-8-32-25-18(17)11-21(33-25)24-20(28)3-2-7-31-24/h2-3,6-8,11,13-16,29H,4-5,9-10,12H2,1H3,(H,32,33). The highest BCUT2D eigenvalue weighted by Crippen LogP contribution is 2.45. The highest BCUT2D eigenvalue weighted by molar-refractivity contribution is 5.98. The quantitative estimate of drug-likeness (QED) is 0.393. The molecular formula is C27H25FN8. The van der Waals surface area contributed by atoms with Crippen molar-refractivity contribution in [1.29, 1.82) is 0 Å². The summed E-state index contributed by atoms with van der Waals surface area (Å²) >= 11 is 0. The summed E-state index contributed by atoms with van der Waals surface area (Å²) in [6.07, 6.45) is 9.50. The van der Waals surface area contributed by atoms with E-state index in [0.717, 1.165) is 47.3 Å². The number of piperazine rings is 1. The van der Waals surface area contributed by atoms with Gasteiger partial charge in [-0.1, -0.05) is 0 Å². The predicted octanol–water partition coefficient (Wildman–Crippen LogP) is 4.44. The van der Waals surface area contributed by atoms with Crippen molar-refractivity contribution in [2.75, 3.05) is 24.5 Å². The maximum absolute atomic E-state index is 14.5. The van der Waals surface area contributed by atoms with E-state index in [1.807, 2.05) is 24.5 Å². The first-order chi connectivity index (χ1) is 17.7. The second kappa shape index (κ2) is 8.30. The third kappa shape index (κ3) is 3.50. The molecule has 0 aromatic carbocycles. The lowest BCUT2D eigenvalue weighted by atomic mass is 10.1. The van der Waals surface area contributed by atoms with Crippen LogP contribution in [0.1, 0.15) is 31.2 Å². The normalized spacial score (nSPS) is 18.3. The van der Waals surface area contributed by atoms with Crippen LogP contribution in [0.25, 0.3) is 44.7 Å². The Hall–Kier alpha value is -3.98. The first-order valence-corrected chi connectivity index (χ1v) is 12.4. The largest absolute Gasteiger partial charge is 0.351 e. The molecule has 1 unspecified atom stereocenters. The maximum Gasteiger partial charge on any atom is 0.163 e. The lowest BCUT2D eigenvalue weighted by Gasteiger charge is -2.36. The minimum Gasteiger partial charge on any atom is -0.351 e. The average Bonchev–Trinajstić information content (AvgIpc) is 3.66. The number of nitrogens with zero attached hydrogens (tertiary/aromatic N) is 6. The summed E-state index contributed by atoms with van der Waals surface area (Å²) in [7, 11) is 0. The van der Waals surface area contributed by atoms with E-state index in [1.54, 1.807) is 18.5 Å². The van der Waals surface area contributed by atoms with E-state index in [1.165, 1.54) is 24.5 Å². The Morgan fingerprint density at radius 2 is 2.00 bits per heavy atom. The molecule has 6 heterocycles. The Kier molecular flexibility index (Phi) is 4.92. The van der Waals surface area contributed by atoms with Crippen LogP contribution in [0.3, 0.4) is 0 Å². The summed E-state index contributed by atoms with van der Waals surface area (Å²) in [5.41, 5.74) is 4.39. The van der Waals surface area contributed by atoms with Crippen LogP contribution in [0.15, 0.2) is 49.1 Å². The molecule has 1 atom stereocenters. The molecule has 1 saturated carbocycles. The highest BCUT2D eigenvalue weighted by atomic mass is 19.1. The van der Waals surface area contributed by atoms with Gasteiger partial charge in [0.05, 0.1) is 17.4 Å². The van der Waals surface area contributed by atoms with Crippen LogP contribution in [0.4, 0.5) is 10.2 Å². The molecule has 0 bridgehead atoms. The fraction of sp³-hybridized carbons (Fsp3) is 0.296. The van der Waals surface area contributed by atoms with Crippen LogP contribution in [0.5, 0.6) is 0 Å². The lowest BCUT2D eigenvalue weighted by Crippen LogP contribution is -2.50. The number of halogens is 1. The minimum absolute atomic E-state index is 0.259. The maximum atomic E-state index is 14.5. The molecule has 7 rings (SSSR count). The fourth-order valence-corrected chi connectivity index (χ4v) is 5.21. The van der Waals surface area contributed by atoms with Gasteiger partial charge in [0.1, 0.15) is 17.2 Å². The Morgan fingerprint density at radius 3 is 2.83 bits per heavy atom. The zero-order valence-electron chi connectivity index (χ0n) is 19.9. The van der Waals surface area contributed by atoms with Crippen molar-refractivity contribution in [3.05, 3.63) is 60.4 Å². The Balaban J connectivity index is 1.45. The molecular weight excluding hydrogens is 455 g/mol. The van der Waals surface area contributed by atoms with Gasteiger partial charge >= 0.3 is 0 Å². The van der Waals surface area contributed by atoms with E-state index >= 15 is 0 Å². The van der Waals surface area contributed by atoms with E-state index in [2.05, 4.69) is 37.1 Å². The summed E-state index contributed by atoms with van der Waals surface area (Å²) in [5, 5.41) is 5.41. The summed E-state index contributed by atoms with van der Waals surface area (Å²) < 4.78 is 14.5. The number of aromatic amines is 1. The van der Waals surface area contributed by atoms with Crippen molar-refractivity contribution in [3.8, 4) is 22.8 Å². The monoisotopic (exact) mass is 480 g/mol. The molecule has 2 fully saturated rings. The summed E-state index contributed by atoms with van der Waals surface area (Å²) in [4.78, 5) is 29.0. The molecule has 0 radical (unpaired) electrons. The van der Waals surface area contributed by atoms with Crippen LogP contribution >= 0.6 is 0 Å². The zero-order valence-corrected chi connectivity index (χ0v) is 19.9. The predicted molar refractivity (Wildman–Crippen MR) is 137 cm³/mol. The van der Waals surface area contributed by atoms with Crippen LogP contribution in [-0.2, 0) is 0 Å². The number of aromatic nitrogens is 6. The molecule has 36 heavy (non-hydrogen) atoms. The summed E-state index contributed by atoms with van der Waals surface area (Å²) in [5.74, 6) is 1.71. The minimum atomic E-state index is -0.388. The van der Waals surface area contributed by atoms with Crippen LogP contribution in [-0.4, -0.2) is 55.6 Å². The number of hydrogen-bond donors (Lipinski definition) is 2. The average molecular weight is 481 g/mol. The van der Waals surface area contributed by atoms with E-state index < -0.39 is 0 Å². The topological polar surface area (TPSA) is 95.5 Å². The molecule has 2 N–H and O–H groups in total. The Labute approximate surface area is 207 Å². The number of hydrogen-bond acceptors (Lipinski definition) is 7. The molecule has 9 heteroatoms. The number of H-pyrrole nitrogens is 1. The summed E-state index contributed by atoms with van der Waals surface area (Å²) in [6, 6.07) is 7.08. The van der Waals surface area contributed by atoms with Crippen molar-refractivity contribution in [2.24, 2.45) is 0 Å². The SMILES string of the molecule is CC1CNCCN1c1nc(-c2ccnc3[nH]c(-c4ncccc4F)cc23)nc2cncc(C3CC3)c12. The molecule has 1 saturated heterocycles. The molecule has 1 aliphatic carbocycles. The van der Waals surface area contributed by atoms with Gasteiger partial charge in [-0.3, -0.25) is 9.97 Å². The second-order valence-electron chi connectivity index (χ2n) is 9.65. The van der Waals surface area contributed by atoms with E-state index in [9.17, 15) is 4.39 Å². The van der Waals surface area contributed by atoms with Gasteiger partial charge in [0, 0.05) is 60.6 Å². The van der Waals surface area contributed by atoms with Crippen LogP contribution in [0.2, 0.25) is 0 Å². The number of pyridine rings is 3. The van der Waals surface area contributed by atoms with Gasteiger partial charge in [0.25, 0.3) is 0 Å². The van der Waals surface area contributed by atoms with Gasteiger partial charge < -0.3 is 15.2 Å². The number of rotatable bonds is 4. The first kappa shape index (κ1) is 21.3. The summed E-state index contributed by atoms with van der Waals surface area (Å²) in [6.45, 7) is 4.91. The Morgan fingerprint density at radius 1 is 1.08 bits per heavy atom. The molecule has 0 amide bonds. The molecule has 1 aliphatic heterocycles. The van der Waals surface area contributed by atoms with Crippen molar-refractivity contribution in [3.63, 3.8) is 0 Å². The van der Waals surface area contributed by atoms with Crippen molar-refractivity contribution < 1.29 is 4.39 Å². The molecule has 8 nitrogen and oxygen atoms in total. The van der Waals surface area contributed by atoms with Gasteiger partial charge in [0.2, 0.25) is 0 Å². The number of nitrogens with one attached hydrogen (secondary N) is 2. The highest BCUT2D eigenvalue weighted by Gasteiger charge is 2.31. The molecule has 5 aromatic heterocycles.